The van der Waals surface area contributed by atoms with Crippen molar-refractivity contribution in [3.8, 4) is 0 Å². The quantitative estimate of drug-likeness (QED) is 0.916. The lowest BCUT2D eigenvalue weighted by molar-refractivity contribution is -0.122. The second kappa shape index (κ2) is 6.24. The molecular weight excluding hydrogens is 345 g/mol. The van der Waals surface area contributed by atoms with Crippen LogP contribution in [-0.2, 0) is 9.59 Å². The van der Waals surface area contributed by atoms with Crippen molar-refractivity contribution in [1.82, 2.24) is 4.98 Å². The number of hydrogen-bond acceptors (Lipinski definition) is 4. The highest BCUT2D eigenvalue weighted by atomic mass is 35.5. The Morgan fingerprint density at radius 3 is 2.68 bits per heavy atom. The molecule has 0 radical (unpaired) electrons. The molecule has 1 aromatic carbocycles. The van der Waals surface area contributed by atoms with Gasteiger partial charge in [0.2, 0.25) is 11.8 Å². The summed E-state index contributed by atoms with van der Waals surface area (Å²) in [6.45, 7) is 0.298. The van der Waals surface area contributed by atoms with Crippen LogP contribution in [0.1, 0.15) is 6.42 Å². The van der Waals surface area contributed by atoms with Gasteiger partial charge in [-0.25, -0.2) is 4.98 Å². The van der Waals surface area contributed by atoms with Gasteiger partial charge in [0.25, 0.3) is 0 Å². The molecule has 2 aromatic rings. The fourth-order valence-corrected chi connectivity index (χ4v) is 3.37. The second-order valence-electron chi connectivity index (χ2n) is 4.86. The van der Waals surface area contributed by atoms with Crippen LogP contribution in [-0.4, -0.2) is 23.3 Å². The molecule has 8 heteroatoms. The van der Waals surface area contributed by atoms with E-state index < -0.39 is 5.92 Å². The van der Waals surface area contributed by atoms with E-state index in [1.54, 1.807) is 29.8 Å². The Kier molecular flexibility index (Phi) is 4.33. The molecule has 1 aromatic heterocycles. The van der Waals surface area contributed by atoms with Crippen LogP contribution in [0.2, 0.25) is 10.0 Å². The molecule has 1 saturated heterocycles. The monoisotopic (exact) mass is 355 g/mol. The molecule has 0 aliphatic carbocycles. The van der Waals surface area contributed by atoms with Gasteiger partial charge in [-0.1, -0.05) is 23.2 Å². The van der Waals surface area contributed by atoms with Gasteiger partial charge >= 0.3 is 0 Å². The number of nitrogens with one attached hydrogen (secondary N) is 1. The molecule has 2 amide bonds. The van der Waals surface area contributed by atoms with Gasteiger partial charge in [0.05, 0.1) is 5.92 Å². The Hall–Kier alpha value is -1.63. The number of carbonyl (C=O) groups is 2. The van der Waals surface area contributed by atoms with Crippen molar-refractivity contribution in [2.75, 3.05) is 16.8 Å². The normalized spacial score (nSPS) is 17.8. The van der Waals surface area contributed by atoms with Crippen molar-refractivity contribution in [3.63, 3.8) is 0 Å². The van der Waals surface area contributed by atoms with E-state index in [2.05, 4.69) is 10.3 Å². The zero-order valence-corrected chi connectivity index (χ0v) is 13.6. The first-order valence-electron chi connectivity index (χ1n) is 6.50. The number of thiazole rings is 1. The Labute approximate surface area is 140 Å². The van der Waals surface area contributed by atoms with Gasteiger partial charge in [-0.3, -0.25) is 9.59 Å². The third-order valence-electron chi connectivity index (χ3n) is 3.32. The number of carbonyl (C=O) groups excluding carboxylic acids is 2. The SMILES string of the molecule is O=C(Nc1nccs1)C1CC(=O)N(c2cc(Cl)cc(Cl)c2)C1. The first-order chi connectivity index (χ1) is 10.5. The Morgan fingerprint density at radius 2 is 2.05 bits per heavy atom. The number of amides is 2. The molecule has 1 atom stereocenters. The van der Waals surface area contributed by atoms with Gasteiger partial charge in [0.15, 0.2) is 5.13 Å². The molecule has 1 fully saturated rings. The van der Waals surface area contributed by atoms with Crippen molar-refractivity contribution >= 4 is 57.2 Å². The Morgan fingerprint density at radius 1 is 1.32 bits per heavy atom. The second-order valence-corrected chi connectivity index (χ2v) is 6.63. The molecule has 1 aliphatic rings. The average molecular weight is 356 g/mol. The van der Waals surface area contributed by atoms with Crippen LogP contribution in [0.5, 0.6) is 0 Å². The van der Waals surface area contributed by atoms with E-state index in [0.29, 0.717) is 27.4 Å². The maximum atomic E-state index is 12.2. The third-order valence-corrected chi connectivity index (χ3v) is 4.44. The van der Waals surface area contributed by atoms with E-state index >= 15 is 0 Å². The lowest BCUT2D eigenvalue weighted by Gasteiger charge is -2.17. The van der Waals surface area contributed by atoms with Crippen LogP contribution in [0.25, 0.3) is 0 Å². The summed E-state index contributed by atoms with van der Waals surface area (Å²) in [5.74, 6) is -0.759. The molecule has 1 aliphatic heterocycles. The topological polar surface area (TPSA) is 62.3 Å². The Balaban J connectivity index is 1.74. The highest BCUT2D eigenvalue weighted by Crippen LogP contribution is 2.30. The predicted molar refractivity (Wildman–Crippen MR) is 87.7 cm³/mol. The van der Waals surface area contributed by atoms with Crippen LogP contribution >= 0.6 is 34.5 Å². The van der Waals surface area contributed by atoms with Gasteiger partial charge in [-0.05, 0) is 18.2 Å². The zero-order chi connectivity index (χ0) is 15.7. The molecule has 22 heavy (non-hydrogen) atoms. The average Bonchev–Trinajstić information content (AvgIpc) is 3.07. The van der Waals surface area contributed by atoms with E-state index in [1.807, 2.05) is 0 Å². The lowest BCUT2D eigenvalue weighted by Crippen LogP contribution is -2.28. The zero-order valence-electron chi connectivity index (χ0n) is 11.3. The fourth-order valence-electron chi connectivity index (χ4n) is 2.32. The molecule has 3 rings (SSSR count). The van der Waals surface area contributed by atoms with Gasteiger partial charge in [-0.15, -0.1) is 11.3 Å². The van der Waals surface area contributed by atoms with Crippen LogP contribution in [0.4, 0.5) is 10.8 Å². The highest BCUT2D eigenvalue weighted by Gasteiger charge is 2.35. The molecular formula is C14H11Cl2N3O2S. The number of nitrogens with zero attached hydrogens (tertiary/aromatic N) is 2. The minimum absolute atomic E-state index is 0.127. The summed E-state index contributed by atoms with van der Waals surface area (Å²) >= 11 is 13.3. The summed E-state index contributed by atoms with van der Waals surface area (Å²) in [7, 11) is 0. The standard InChI is InChI=1S/C14H11Cl2N3O2S/c15-9-4-10(16)6-11(5-9)19-7-8(3-12(19)20)13(21)18-14-17-1-2-22-14/h1-2,4-6,8H,3,7H2,(H,17,18,21). The maximum Gasteiger partial charge on any atom is 0.231 e. The van der Waals surface area contributed by atoms with Crippen LogP contribution in [0.15, 0.2) is 29.8 Å². The molecule has 2 heterocycles. The van der Waals surface area contributed by atoms with Gasteiger partial charge in [0, 0.05) is 40.3 Å². The summed E-state index contributed by atoms with van der Waals surface area (Å²) in [5.41, 5.74) is 0.604. The number of benzene rings is 1. The summed E-state index contributed by atoms with van der Waals surface area (Å²) in [5, 5.41) is 5.92. The highest BCUT2D eigenvalue weighted by molar-refractivity contribution is 7.13. The molecule has 1 unspecified atom stereocenters. The van der Waals surface area contributed by atoms with Crippen LogP contribution < -0.4 is 10.2 Å². The van der Waals surface area contributed by atoms with Crippen molar-refractivity contribution in [1.29, 1.82) is 0 Å². The molecule has 0 spiro atoms. The van der Waals surface area contributed by atoms with Crippen LogP contribution in [0, 0.1) is 5.92 Å². The van der Waals surface area contributed by atoms with Crippen molar-refractivity contribution < 1.29 is 9.59 Å². The number of anilines is 2. The number of aromatic nitrogens is 1. The predicted octanol–water partition coefficient (Wildman–Crippen LogP) is 3.44. The number of hydrogen-bond donors (Lipinski definition) is 1. The van der Waals surface area contributed by atoms with E-state index in [9.17, 15) is 9.59 Å². The van der Waals surface area contributed by atoms with Crippen molar-refractivity contribution in [2.24, 2.45) is 5.92 Å². The molecule has 5 nitrogen and oxygen atoms in total. The fraction of sp³-hybridized carbons (Fsp3) is 0.214. The third kappa shape index (κ3) is 3.24. The maximum absolute atomic E-state index is 12.2. The molecule has 1 N–H and O–H groups in total. The van der Waals surface area contributed by atoms with Gasteiger partial charge in [0.1, 0.15) is 0 Å². The minimum atomic E-state index is -0.422. The smallest absolute Gasteiger partial charge is 0.231 e. The Bertz CT molecular complexity index is 701. The lowest BCUT2D eigenvalue weighted by atomic mass is 10.1. The van der Waals surface area contributed by atoms with Gasteiger partial charge in [-0.2, -0.15) is 0 Å². The first kappa shape index (κ1) is 15.3. The number of rotatable bonds is 3. The molecule has 0 saturated carbocycles. The van der Waals surface area contributed by atoms with E-state index in [4.69, 9.17) is 23.2 Å². The number of halogens is 2. The van der Waals surface area contributed by atoms with Crippen molar-refractivity contribution in [2.45, 2.75) is 6.42 Å². The summed E-state index contributed by atoms with van der Waals surface area (Å²) < 4.78 is 0. The van der Waals surface area contributed by atoms with Gasteiger partial charge < -0.3 is 10.2 Å². The van der Waals surface area contributed by atoms with E-state index in [0.717, 1.165) is 0 Å². The van der Waals surface area contributed by atoms with Crippen LogP contribution in [0.3, 0.4) is 0 Å². The summed E-state index contributed by atoms with van der Waals surface area (Å²) in [6.07, 6.45) is 1.77. The van der Waals surface area contributed by atoms with Crippen molar-refractivity contribution in [3.05, 3.63) is 39.8 Å². The van der Waals surface area contributed by atoms with E-state index in [1.165, 1.54) is 16.2 Å². The molecule has 114 valence electrons. The molecule has 0 bridgehead atoms. The largest absolute Gasteiger partial charge is 0.311 e. The first-order valence-corrected chi connectivity index (χ1v) is 8.13. The minimum Gasteiger partial charge on any atom is -0.311 e. The summed E-state index contributed by atoms with van der Waals surface area (Å²) in [4.78, 5) is 29.9. The summed E-state index contributed by atoms with van der Waals surface area (Å²) in [6, 6.07) is 4.92. The van der Waals surface area contributed by atoms with E-state index in [-0.39, 0.29) is 18.2 Å².